The molecule has 0 aliphatic rings. The van der Waals surface area contributed by atoms with E-state index in [-0.39, 0.29) is 12.5 Å². The zero-order valence-corrected chi connectivity index (χ0v) is 16.6. The highest BCUT2D eigenvalue weighted by molar-refractivity contribution is 6.32. The van der Waals surface area contributed by atoms with Crippen molar-refractivity contribution in [1.29, 1.82) is 0 Å². The second-order valence-corrected chi connectivity index (χ2v) is 6.55. The van der Waals surface area contributed by atoms with Gasteiger partial charge >= 0.3 is 5.76 Å². The van der Waals surface area contributed by atoms with E-state index in [1.165, 1.54) is 11.7 Å². The fraction of sp³-hybridized carbons (Fsp3) is 0.300. The van der Waals surface area contributed by atoms with Crippen LogP contribution in [0, 0.1) is 0 Å². The number of carbonyl (C=O) groups excluding carboxylic acids is 1. The predicted molar refractivity (Wildman–Crippen MR) is 106 cm³/mol. The largest absolute Gasteiger partial charge is 0.493 e. The summed E-state index contributed by atoms with van der Waals surface area (Å²) in [6.45, 7) is 4.17. The zero-order chi connectivity index (χ0) is 20.3. The van der Waals surface area contributed by atoms with Crippen LogP contribution in [0.5, 0.6) is 11.5 Å². The molecule has 0 aliphatic heterocycles. The van der Waals surface area contributed by atoms with Crippen LogP contribution in [0.15, 0.2) is 45.6 Å². The molecule has 2 aromatic carbocycles. The molecule has 3 aromatic rings. The van der Waals surface area contributed by atoms with Crippen molar-refractivity contribution in [3.05, 3.63) is 57.5 Å². The summed E-state index contributed by atoms with van der Waals surface area (Å²) in [6.07, 6.45) is 0. The molecule has 0 saturated carbocycles. The number of aromatic nitrogens is 1. The van der Waals surface area contributed by atoms with E-state index in [9.17, 15) is 9.59 Å². The van der Waals surface area contributed by atoms with Gasteiger partial charge in [0.25, 0.3) is 0 Å². The lowest BCUT2D eigenvalue weighted by Crippen LogP contribution is -2.34. The van der Waals surface area contributed by atoms with Crippen LogP contribution in [-0.2, 0) is 11.3 Å². The zero-order valence-electron chi connectivity index (χ0n) is 15.8. The maximum absolute atomic E-state index is 12.6. The van der Waals surface area contributed by atoms with E-state index < -0.39 is 11.8 Å². The number of oxazole rings is 1. The van der Waals surface area contributed by atoms with Crippen molar-refractivity contribution >= 4 is 28.6 Å². The first-order chi connectivity index (χ1) is 13.5. The molecule has 1 unspecified atom stereocenters. The maximum atomic E-state index is 12.6. The van der Waals surface area contributed by atoms with E-state index in [4.69, 9.17) is 25.5 Å². The Bertz CT molecular complexity index is 1060. The molecular formula is C20H21ClN2O5. The smallest absolute Gasteiger partial charge is 0.420 e. The number of amides is 1. The Labute approximate surface area is 166 Å². The first-order valence-electron chi connectivity index (χ1n) is 8.83. The molecule has 1 atom stereocenters. The Morgan fingerprint density at radius 2 is 2.07 bits per heavy atom. The van der Waals surface area contributed by atoms with Crippen LogP contribution < -0.4 is 20.5 Å². The highest BCUT2D eigenvalue weighted by Gasteiger charge is 2.21. The third-order valence-electron chi connectivity index (χ3n) is 4.33. The molecule has 0 spiro atoms. The third kappa shape index (κ3) is 3.84. The van der Waals surface area contributed by atoms with E-state index in [1.807, 2.05) is 6.92 Å². The van der Waals surface area contributed by atoms with Crippen molar-refractivity contribution in [2.45, 2.75) is 26.4 Å². The van der Waals surface area contributed by atoms with Crippen molar-refractivity contribution in [2.75, 3.05) is 13.7 Å². The van der Waals surface area contributed by atoms with Gasteiger partial charge in [0.15, 0.2) is 17.1 Å². The van der Waals surface area contributed by atoms with Gasteiger partial charge in [-0.25, -0.2) is 4.79 Å². The number of hydrogen-bond acceptors (Lipinski definition) is 5. The third-order valence-corrected chi connectivity index (χ3v) is 4.61. The summed E-state index contributed by atoms with van der Waals surface area (Å²) in [4.78, 5) is 24.8. The summed E-state index contributed by atoms with van der Waals surface area (Å²) in [6, 6.07) is 9.69. The summed E-state index contributed by atoms with van der Waals surface area (Å²) in [5, 5.41) is 3.21. The van der Waals surface area contributed by atoms with Crippen LogP contribution in [0.25, 0.3) is 11.1 Å². The van der Waals surface area contributed by atoms with Crippen LogP contribution in [0.3, 0.4) is 0 Å². The molecule has 3 rings (SSSR count). The summed E-state index contributed by atoms with van der Waals surface area (Å²) < 4.78 is 17.3. The Morgan fingerprint density at radius 1 is 1.32 bits per heavy atom. The molecule has 0 fully saturated rings. The number of nitrogens with zero attached hydrogens (tertiary/aromatic N) is 1. The molecule has 8 heteroatoms. The second-order valence-electron chi connectivity index (χ2n) is 6.14. The number of fused-ring (bicyclic) bond motifs is 1. The Hall–Kier alpha value is -2.93. The van der Waals surface area contributed by atoms with Gasteiger partial charge in [-0.3, -0.25) is 9.36 Å². The second kappa shape index (κ2) is 8.39. The fourth-order valence-corrected chi connectivity index (χ4v) is 3.25. The van der Waals surface area contributed by atoms with Gasteiger partial charge < -0.3 is 19.2 Å². The molecular weight excluding hydrogens is 384 g/mol. The number of methoxy groups -OCH3 is 1. The SMILES string of the molecule is CCOc1c(Cl)cc(CNC(=O)C(C)n2c(=O)oc3ccccc32)cc1OC. The minimum atomic E-state index is -0.740. The number of para-hydroxylation sites is 2. The van der Waals surface area contributed by atoms with Crippen LogP contribution >= 0.6 is 11.6 Å². The molecule has 0 saturated heterocycles. The maximum Gasteiger partial charge on any atom is 0.420 e. The summed E-state index contributed by atoms with van der Waals surface area (Å²) in [7, 11) is 1.52. The number of halogens is 1. The molecule has 1 amide bonds. The highest BCUT2D eigenvalue weighted by Crippen LogP contribution is 2.36. The van der Waals surface area contributed by atoms with E-state index in [2.05, 4.69) is 5.32 Å². The number of hydrogen-bond donors (Lipinski definition) is 1. The van der Waals surface area contributed by atoms with Crippen LogP contribution in [0.1, 0.15) is 25.5 Å². The lowest BCUT2D eigenvalue weighted by atomic mass is 10.2. The molecule has 28 heavy (non-hydrogen) atoms. The van der Waals surface area contributed by atoms with Gasteiger partial charge in [-0.05, 0) is 43.7 Å². The topological polar surface area (TPSA) is 82.7 Å². The van der Waals surface area contributed by atoms with Gasteiger partial charge in [-0.1, -0.05) is 23.7 Å². The van der Waals surface area contributed by atoms with E-state index in [0.29, 0.717) is 34.2 Å². The van der Waals surface area contributed by atoms with E-state index in [1.54, 1.807) is 43.3 Å². The monoisotopic (exact) mass is 404 g/mol. The summed E-state index contributed by atoms with van der Waals surface area (Å²) in [5.74, 6) is 0.0579. The molecule has 7 nitrogen and oxygen atoms in total. The van der Waals surface area contributed by atoms with Gasteiger partial charge in [0.2, 0.25) is 5.91 Å². The summed E-state index contributed by atoms with van der Waals surface area (Å²) in [5.41, 5.74) is 1.76. The number of benzene rings is 2. The van der Waals surface area contributed by atoms with Gasteiger partial charge in [-0.15, -0.1) is 0 Å². The van der Waals surface area contributed by atoms with Crippen LogP contribution in [0.4, 0.5) is 0 Å². The number of carbonyl (C=O) groups is 1. The average molecular weight is 405 g/mol. The van der Waals surface area contributed by atoms with E-state index >= 15 is 0 Å². The quantitative estimate of drug-likeness (QED) is 0.651. The van der Waals surface area contributed by atoms with Gasteiger partial charge in [-0.2, -0.15) is 0 Å². The molecule has 1 heterocycles. The van der Waals surface area contributed by atoms with Gasteiger partial charge in [0.05, 0.1) is 24.3 Å². The van der Waals surface area contributed by atoms with Crippen molar-refractivity contribution in [1.82, 2.24) is 9.88 Å². The first-order valence-corrected chi connectivity index (χ1v) is 9.21. The molecule has 0 bridgehead atoms. The minimum absolute atomic E-state index is 0.218. The molecule has 1 aromatic heterocycles. The predicted octanol–water partition coefficient (Wildman–Crippen LogP) is 3.53. The number of rotatable bonds is 7. The lowest BCUT2D eigenvalue weighted by Gasteiger charge is -2.15. The van der Waals surface area contributed by atoms with Crippen molar-refractivity contribution in [3.63, 3.8) is 0 Å². The van der Waals surface area contributed by atoms with Crippen molar-refractivity contribution in [3.8, 4) is 11.5 Å². The van der Waals surface area contributed by atoms with Crippen LogP contribution in [-0.4, -0.2) is 24.2 Å². The Balaban J connectivity index is 1.77. The lowest BCUT2D eigenvalue weighted by molar-refractivity contribution is -0.124. The van der Waals surface area contributed by atoms with Crippen LogP contribution in [0.2, 0.25) is 5.02 Å². The Kier molecular flexibility index (Phi) is 5.94. The normalized spacial score (nSPS) is 12.0. The van der Waals surface area contributed by atoms with Gasteiger partial charge in [0, 0.05) is 6.54 Å². The summed E-state index contributed by atoms with van der Waals surface area (Å²) >= 11 is 6.26. The molecule has 1 N–H and O–H groups in total. The number of nitrogens with one attached hydrogen (secondary N) is 1. The fourth-order valence-electron chi connectivity index (χ4n) is 2.96. The molecule has 0 radical (unpaired) electrons. The minimum Gasteiger partial charge on any atom is -0.493 e. The van der Waals surface area contributed by atoms with Crippen molar-refractivity contribution < 1.29 is 18.7 Å². The standard InChI is InChI=1S/C20H21ClN2O5/c1-4-27-18-14(21)9-13(10-17(18)26-3)11-22-19(24)12(2)23-15-7-5-6-8-16(15)28-20(23)25/h5-10,12H,4,11H2,1-3H3,(H,22,24). The van der Waals surface area contributed by atoms with Gasteiger partial charge in [0.1, 0.15) is 6.04 Å². The van der Waals surface area contributed by atoms with Crippen molar-refractivity contribution in [2.24, 2.45) is 0 Å². The Morgan fingerprint density at radius 3 is 2.79 bits per heavy atom. The molecule has 148 valence electrons. The molecule has 0 aliphatic carbocycles. The van der Waals surface area contributed by atoms with E-state index in [0.717, 1.165) is 5.56 Å². The first kappa shape index (κ1) is 19.8. The number of ether oxygens (including phenoxy) is 2. The average Bonchev–Trinajstić information content (AvgIpc) is 3.02. The highest BCUT2D eigenvalue weighted by atomic mass is 35.5.